The third-order valence-corrected chi connectivity index (χ3v) is 3.52. The number of ketones is 1. The molecule has 0 radical (unpaired) electrons. The third kappa shape index (κ3) is 6.46. The third-order valence-electron chi connectivity index (χ3n) is 3.52. The van der Waals surface area contributed by atoms with E-state index in [1.165, 1.54) is 0 Å². The second kappa shape index (κ2) is 10.4. The molecule has 0 saturated carbocycles. The molecule has 0 aliphatic heterocycles. The van der Waals surface area contributed by atoms with Crippen LogP contribution < -0.4 is 5.73 Å². The number of aliphatic hydroxyl groups is 2. The van der Waals surface area contributed by atoms with Crippen LogP contribution in [0.15, 0.2) is 54.6 Å². The van der Waals surface area contributed by atoms with Gasteiger partial charge >= 0.3 is 5.97 Å². The van der Waals surface area contributed by atoms with Crippen molar-refractivity contribution in [2.75, 3.05) is 13.2 Å². The lowest BCUT2D eigenvalue weighted by atomic mass is 9.96. The monoisotopic (exact) mass is 345 g/mol. The highest BCUT2D eigenvalue weighted by Gasteiger charge is 2.16. The smallest absolute Gasteiger partial charge is 0.310 e. The van der Waals surface area contributed by atoms with Crippen molar-refractivity contribution in [3.63, 3.8) is 0 Å². The van der Waals surface area contributed by atoms with Crippen molar-refractivity contribution in [2.24, 2.45) is 5.73 Å². The molecule has 0 heterocycles. The fraction of sp³-hybridized carbons (Fsp3) is 0.263. The van der Waals surface area contributed by atoms with E-state index in [0.717, 1.165) is 0 Å². The number of aliphatic carboxylic acids is 1. The van der Waals surface area contributed by atoms with E-state index in [1.807, 2.05) is 6.07 Å². The van der Waals surface area contributed by atoms with Gasteiger partial charge in [0.2, 0.25) is 0 Å². The minimum atomic E-state index is -0.899. The highest BCUT2D eigenvalue weighted by molar-refractivity contribution is 6.09. The summed E-state index contributed by atoms with van der Waals surface area (Å²) in [6.45, 7) is 1.32. The van der Waals surface area contributed by atoms with Gasteiger partial charge in [-0.1, -0.05) is 48.5 Å². The van der Waals surface area contributed by atoms with Crippen LogP contribution >= 0.6 is 0 Å². The average molecular weight is 345 g/mol. The van der Waals surface area contributed by atoms with Crippen LogP contribution in [0.4, 0.5) is 0 Å². The van der Waals surface area contributed by atoms with Crippen LogP contribution in [-0.2, 0) is 4.79 Å². The summed E-state index contributed by atoms with van der Waals surface area (Å²) in [5.41, 5.74) is 6.72. The SMILES string of the molecule is C[C@@H](C(=O)O)c1cccc(C(=O)c2ccccc2)c1.NC(CO)CO. The molecule has 6 nitrogen and oxygen atoms in total. The van der Waals surface area contributed by atoms with E-state index in [9.17, 15) is 9.59 Å². The van der Waals surface area contributed by atoms with E-state index < -0.39 is 17.9 Å². The predicted octanol–water partition coefficient (Wildman–Crippen LogP) is 1.40. The Morgan fingerprint density at radius 1 is 0.960 bits per heavy atom. The number of carbonyl (C=O) groups excluding carboxylic acids is 1. The molecule has 0 aromatic heterocycles. The van der Waals surface area contributed by atoms with Gasteiger partial charge in [0.05, 0.1) is 25.2 Å². The van der Waals surface area contributed by atoms with E-state index in [0.29, 0.717) is 16.7 Å². The van der Waals surface area contributed by atoms with Gasteiger partial charge in [-0.05, 0) is 18.6 Å². The van der Waals surface area contributed by atoms with Crippen LogP contribution in [0.2, 0.25) is 0 Å². The highest BCUT2D eigenvalue weighted by atomic mass is 16.4. The van der Waals surface area contributed by atoms with E-state index >= 15 is 0 Å². The Bertz CT molecular complexity index is 683. The van der Waals surface area contributed by atoms with Crippen molar-refractivity contribution in [3.05, 3.63) is 71.3 Å². The molecule has 2 aromatic carbocycles. The number of carboxylic acid groups (broad SMARTS) is 1. The van der Waals surface area contributed by atoms with Gasteiger partial charge in [0.15, 0.2) is 5.78 Å². The minimum Gasteiger partial charge on any atom is -0.481 e. The van der Waals surface area contributed by atoms with Gasteiger partial charge in [0.1, 0.15) is 0 Å². The Morgan fingerprint density at radius 2 is 1.52 bits per heavy atom. The highest BCUT2D eigenvalue weighted by Crippen LogP contribution is 2.18. The zero-order valence-electron chi connectivity index (χ0n) is 14.0. The zero-order chi connectivity index (χ0) is 18.8. The molecule has 0 saturated heterocycles. The van der Waals surface area contributed by atoms with Crippen LogP contribution in [-0.4, -0.2) is 46.3 Å². The molecule has 5 N–H and O–H groups in total. The summed E-state index contributed by atoms with van der Waals surface area (Å²) < 4.78 is 0. The first-order valence-electron chi connectivity index (χ1n) is 7.80. The summed E-state index contributed by atoms with van der Waals surface area (Å²) in [5.74, 6) is -1.62. The molecule has 0 unspecified atom stereocenters. The normalized spacial score (nSPS) is 11.4. The quantitative estimate of drug-likeness (QED) is 0.587. The van der Waals surface area contributed by atoms with Gasteiger partial charge in [-0.3, -0.25) is 9.59 Å². The van der Waals surface area contributed by atoms with Gasteiger partial charge in [0, 0.05) is 11.1 Å². The molecule has 2 rings (SSSR count). The van der Waals surface area contributed by atoms with Crippen LogP contribution in [0.5, 0.6) is 0 Å². The number of carboxylic acids is 1. The lowest BCUT2D eigenvalue weighted by Gasteiger charge is -2.08. The zero-order valence-corrected chi connectivity index (χ0v) is 14.0. The summed E-state index contributed by atoms with van der Waals surface area (Å²) in [7, 11) is 0. The standard InChI is InChI=1S/C16H14O3.C3H9NO2/c1-11(16(18)19)13-8-5-9-14(10-13)15(17)12-6-3-2-4-7-12;4-3(1-5)2-6/h2-11H,1H3,(H,18,19);3,5-6H,1-2,4H2/t11-;/m1./s1. The summed E-state index contributed by atoms with van der Waals surface area (Å²) >= 11 is 0. The summed E-state index contributed by atoms with van der Waals surface area (Å²) in [6.07, 6.45) is 0. The van der Waals surface area contributed by atoms with Crippen molar-refractivity contribution in [3.8, 4) is 0 Å². The maximum atomic E-state index is 12.2. The molecular formula is C19H23NO5. The molecule has 6 heteroatoms. The van der Waals surface area contributed by atoms with Crippen LogP contribution in [0.3, 0.4) is 0 Å². The van der Waals surface area contributed by atoms with E-state index in [-0.39, 0.29) is 19.0 Å². The summed E-state index contributed by atoms with van der Waals surface area (Å²) in [5, 5.41) is 25.1. The molecule has 2 aromatic rings. The molecule has 0 fully saturated rings. The first-order valence-corrected chi connectivity index (χ1v) is 7.80. The molecule has 134 valence electrons. The van der Waals surface area contributed by atoms with Crippen molar-refractivity contribution < 1.29 is 24.9 Å². The van der Waals surface area contributed by atoms with Gasteiger partial charge in [-0.25, -0.2) is 0 Å². The van der Waals surface area contributed by atoms with E-state index in [1.54, 1.807) is 55.5 Å². The molecule has 0 bridgehead atoms. The molecule has 1 atom stereocenters. The lowest BCUT2D eigenvalue weighted by molar-refractivity contribution is -0.138. The average Bonchev–Trinajstić information content (AvgIpc) is 2.67. The fourth-order valence-electron chi connectivity index (χ4n) is 1.91. The first kappa shape index (κ1) is 20.5. The Labute approximate surface area is 146 Å². The fourth-order valence-corrected chi connectivity index (χ4v) is 1.91. The maximum absolute atomic E-state index is 12.2. The van der Waals surface area contributed by atoms with Gasteiger partial charge < -0.3 is 21.1 Å². The Hall–Kier alpha value is -2.54. The number of hydrogen-bond acceptors (Lipinski definition) is 5. The van der Waals surface area contributed by atoms with Crippen molar-refractivity contribution in [2.45, 2.75) is 18.9 Å². The Kier molecular flexibility index (Phi) is 8.49. The van der Waals surface area contributed by atoms with Crippen molar-refractivity contribution in [1.29, 1.82) is 0 Å². The van der Waals surface area contributed by atoms with Crippen molar-refractivity contribution >= 4 is 11.8 Å². The van der Waals surface area contributed by atoms with Gasteiger partial charge in [-0.15, -0.1) is 0 Å². The largest absolute Gasteiger partial charge is 0.481 e. The van der Waals surface area contributed by atoms with Crippen molar-refractivity contribution in [1.82, 2.24) is 0 Å². The summed E-state index contributed by atoms with van der Waals surface area (Å²) in [4.78, 5) is 23.2. The number of hydrogen-bond donors (Lipinski definition) is 4. The van der Waals surface area contributed by atoms with Gasteiger partial charge in [0.25, 0.3) is 0 Å². The molecule has 0 aliphatic rings. The van der Waals surface area contributed by atoms with E-state index in [4.69, 9.17) is 21.1 Å². The predicted molar refractivity (Wildman–Crippen MR) is 94.5 cm³/mol. The lowest BCUT2D eigenvalue weighted by Crippen LogP contribution is -2.27. The second-order valence-corrected chi connectivity index (χ2v) is 5.51. The number of aliphatic hydroxyl groups excluding tert-OH is 2. The number of rotatable bonds is 6. The molecule has 0 amide bonds. The number of nitrogens with two attached hydrogens (primary N) is 1. The Morgan fingerprint density at radius 3 is 2.00 bits per heavy atom. The molecule has 25 heavy (non-hydrogen) atoms. The first-order chi connectivity index (χ1) is 11.9. The molecular weight excluding hydrogens is 322 g/mol. The van der Waals surface area contributed by atoms with Gasteiger partial charge in [-0.2, -0.15) is 0 Å². The van der Waals surface area contributed by atoms with Crippen LogP contribution in [0, 0.1) is 0 Å². The van der Waals surface area contributed by atoms with Crippen LogP contribution in [0.25, 0.3) is 0 Å². The molecule has 0 aliphatic carbocycles. The second-order valence-electron chi connectivity index (χ2n) is 5.51. The topological polar surface area (TPSA) is 121 Å². The summed E-state index contributed by atoms with van der Waals surface area (Å²) in [6, 6.07) is 15.3. The Balaban J connectivity index is 0.000000450. The number of carbonyl (C=O) groups is 2. The van der Waals surface area contributed by atoms with Crippen LogP contribution in [0.1, 0.15) is 34.3 Å². The van der Waals surface area contributed by atoms with E-state index in [2.05, 4.69) is 0 Å². The minimum absolute atomic E-state index is 0.0972. The maximum Gasteiger partial charge on any atom is 0.310 e. The molecule has 0 spiro atoms. The number of benzene rings is 2.